The molecule has 0 radical (unpaired) electrons. The first kappa shape index (κ1) is 16.9. The topological polar surface area (TPSA) is 80.7 Å². The van der Waals surface area contributed by atoms with Gasteiger partial charge in [-0.3, -0.25) is 8.98 Å². The van der Waals surface area contributed by atoms with Crippen molar-refractivity contribution in [3.05, 3.63) is 0 Å². The Labute approximate surface area is 131 Å². The molecule has 0 saturated heterocycles. The van der Waals surface area contributed by atoms with Crippen LogP contribution in [0.5, 0.6) is 0 Å². The third-order valence-corrected chi connectivity index (χ3v) is 5.01. The number of carbonyl (C=O) groups is 1. The zero-order valence-electron chi connectivity index (χ0n) is 9.85. The summed E-state index contributed by atoms with van der Waals surface area (Å²) in [6.07, 6.45) is 0.0628. The molecular weight excluding hydrogens is 460 g/mol. The van der Waals surface area contributed by atoms with E-state index < -0.39 is 41.6 Å². The van der Waals surface area contributed by atoms with Crippen LogP contribution in [-0.4, -0.2) is 34.0 Å². The Morgan fingerprint density at radius 3 is 2.06 bits per heavy atom. The minimum Gasteiger partial charge on any atom is -0.481 e. The van der Waals surface area contributed by atoms with E-state index in [4.69, 9.17) is 9.29 Å². The van der Waals surface area contributed by atoms with Crippen LogP contribution in [0.4, 0.5) is 0 Å². The lowest BCUT2D eigenvalue weighted by Crippen LogP contribution is -2.34. The molecule has 0 aromatic rings. The van der Waals surface area contributed by atoms with Crippen molar-refractivity contribution in [2.45, 2.75) is 22.1 Å². The van der Waals surface area contributed by atoms with Gasteiger partial charge in [-0.2, -0.15) is 8.42 Å². The van der Waals surface area contributed by atoms with Gasteiger partial charge in [0.05, 0.1) is 12.2 Å². The zero-order chi connectivity index (χ0) is 14.5. The number of alkyl halides is 3. The second-order valence-corrected chi connectivity index (χ2v) is 13.5. The average molecular weight is 473 g/mol. The molecule has 1 N–H and O–H groups in total. The highest BCUT2D eigenvalue weighted by atomic mass is 80.0. The third-order valence-electron chi connectivity index (χ3n) is 3.10. The van der Waals surface area contributed by atoms with Gasteiger partial charge in [0, 0.05) is 5.92 Å². The van der Waals surface area contributed by atoms with E-state index in [1.54, 1.807) is 13.8 Å². The standard InChI is InChI=1S/C9H13Br3O5S/c1-8(2)4(5(8)7(13)14)6(9(10,11)12)17-18(3,15)16/h4-6H,1-3H3,(H,13,14)/t4?,5-,6-/m0/s1. The molecule has 106 valence electrons. The molecule has 1 aliphatic rings. The highest BCUT2D eigenvalue weighted by Gasteiger charge is 2.68. The molecular formula is C9H13Br3O5S. The van der Waals surface area contributed by atoms with Gasteiger partial charge in [-0.15, -0.1) is 0 Å². The normalized spacial score (nSPS) is 28.8. The van der Waals surface area contributed by atoms with Crippen molar-refractivity contribution in [1.82, 2.24) is 0 Å². The first-order valence-electron chi connectivity index (χ1n) is 4.96. The van der Waals surface area contributed by atoms with Crippen LogP contribution in [0.1, 0.15) is 13.8 Å². The number of aliphatic carboxylic acids is 1. The van der Waals surface area contributed by atoms with Gasteiger partial charge in [-0.1, -0.05) is 61.6 Å². The molecule has 1 aliphatic carbocycles. The molecule has 18 heavy (non-hydrogen) atoms. The average Bonchev–Trinajstić information content (AvgIpc) is 2.60. The minimum atomic E-state index is -3.69. The molecule has 5 nitrogen and oxygen atoms in total. The zero-order valence-corrected chi connectivity index (χ0v) is 15.4. The van der Waals surface area contributed by atoms with Gasteiger partial charge in [0.15, 0.2) is 2.14 Å². The summed E-state index contributed by atoms with van der Waals surface area (Å²) >= 11 is 9.65. The van der Waals surface area contributed by atoms with Crippen LogP contribution in [0.3, 0.4) is 0 Å². The fraction of sp³-hybridized carbons (Fsp3) is 0.889. The lowest BCUT2D eigenvalue weighted by atomic mass is 10.1. The molecule has 1 saturated carbocycles. The summed E-state index contributed by atoms with van der Waals surface area (Å²) in [4.78, 5) is 11.1. The van der Waals surface area contributed by atoms with Crippen LogP contribution in [0, 0.1) is 17.3 Å². The van der Waals surface area contributed by atoms with Gasteiger partial charge in [-0.05, 0) is 5.41 Å². The van der Waals surface area contributed by atoms with Crippen molar-refractivity contribution in [3.8, 4) is 0 Å². The van der Waals surface area contributed by atoms with Crippen LogP contribution in [-0.2, 0) is 19.1 Å². The SMILES string of the molecule is CC1(C)C([C@H](OS(C)(=O)=O)C(Br)(Br)Br)[C@H]1C(=O)O. The number of carboxylic acid groups (broad SMARTS) is 1. The van der Waals surface area contributed by atoms with Gasteiger partial charge >= 0.3 is 5.97 Å². The third kappa shape index (κ3) is 3.68. The van der Waals surface area contributed by atoms with E-state index in [0.717, 1.165) is 6.26 Å². The molecule has 0 spiro atoms. The quantitative estimate of drug-likeness (QED) is 0.502. The summed E-state index contributed by atoms with van der Waals surface area (Å²) in [6, 6.07) is 0. The monoisotopic (exact) mass is 470 g/mol. The largest absolute Gasteiger partial charge is 0.481 e. The smallest absolute Gasteiger partial charge is 0.307 e. The van der Waals surface area contributed by atoms with Crippen LogP contribution in [0.15, 0.2) is 0 Å². The Bertz CT molecular complexity index is 453. The van der Waals surface area contributed by atoms with Crippen molar-refractivity contribution in [3.63, 3.8) is 0 Å². The van der Waals surface area contributed by atoms with Crippen LogP contribution in [0.25, 0.3) is 0 Å². The summed E-state index contributed by atoms with van der Waals surface area (Å²) in [5.41, 5.74) is -0.526. The number of rotatable bonds is 4. The summed E-state index contributed by atoms with van der Waals surface area (Å²) in [5.74, 6) is -2.03. The summed E-state index contributed by atoms with van der Waals surface area (Å²) in [6.45, 7) is 3.54. The van der Waals surface area contributed by atoms with E-state index in [2.05, 4.69) is 47.8 Å². The molecule has 3 atom stereocenters. The van der Waals surface area contributed by atoms with E-state index in [0.29, 0.717) is 0 Å². The van der Waals surface area contributed by atoms with Crippen molar-refractivity contribution in [2.75, 3.05) is 6.26 Å². The lowest BCUT2D eigenvalue weighted by molar-refractivity contribution is -0.139. The van der Waals surface area contributed by atoms with Crippen LogP contribution < -0.4 is 0 Å². The summed E-state index contributed by atoms with van der Waals surface area (Å²) in [5, 5.41) is 9.12. The van der Waals surface area contributed by atoms with E-state index in [9.17, 15) is 13.2 Å². The first-order valence-corrected chi connectivity index (χ1v) is 9.16. The van der Waals surface area contributed by atoms with Crippen LogP contribution in [0.2, 0.25) is 0 Å². The molecule has 1 rings (SSSR count). The Kier molecular flexibility index (Phi) is 4.67. The van der Waals surface area contributed by atoms with Gasteiger partial charge in [0.25, 0.3) is 10.1 Å². The lowest BCUT2D eigenvalue weighted by Gasteiger charge is -2.25. The molecule has 1 unspecified atom stereocenters. The second kappa shape index (κ2) is 4.98. The molecule has 0 aromatic carbocycles. The van der Waals surface area contributed by atoms with Gasteiger partial charge in [-0.25, -0.2) is 0 Å². The Morgan fingerprint density at radius 2 is 1.83 bits per heavy atom. The first-order chi connectivity index (χ1) is 7.78. The summed E-state index contributed by atoms with van der Waals surface area (Å²) in [7, 11) is -3.69. The van der Waals surface area contributed by atoms with Crippen molar-refractivity contribution in [2.24, 2.45) is 17.3 Å². The van der Waals surface area contributed by atoms with Crippen molar-refractivity contribution in [1.29, 1.82) is 0 Å². The van der Waals surface area contributed by atoms with E-state index in [1.807, 2.05) is 0 Å². The number of hydrogen-bond donors (Lipinski definition) is 1. The fourth-order valence-corrected chi connectivity index (χ4v) is 4.37. The van der Waals surface area contributed by atoms with Gasteiger partial charge in [0.2, 0.25) is 0 Å². The Hall–Kier alpha value is 0.820. The number of halogens is 3. The maximum atomic E-state index is 11.3. The van der Waals surface area contributed by atoms with Crippen molar-refractivity contribution < 1.29 is 22.5 Å². The second-order valence-electron chi connectivity index (χ2n) is 4.93. The number of hydrogen-bond acceptors (Lipinski definition) is 4. The fourth-order valence-electron chi connectivity index (χ4n) is 2.22. The van der Waals surface area contributed by atoms with Gasteiger partial charge in [0.1, 0.15) is 6.10 Å². The molecule has 0 aromatic heterocycles. The van der Waals surface area contributed by atoms with E-state index in [-0.39, 0.29) is 0 Å². The highest BCUT2D eigenvalue weighted by molar-refractivity contribution is 9.39. The molecule has 0 heterocycles. The molecule has 0 bridgehead atoms. The molecule has 1 fully saturated rings. The highest BCUT2D eigenvalue weighted by Crippen LogP contribution is 2.64. The minimum absolute atomic E-state index is 0.428. The van der Waals surface area contributed by atoms with Crippen molar-refractivity contribution >= 4 is 63.9 Å². The molecule has 0 aliphatic heterocycles. The van der Waals surface area contributed by atoms with E-state index >= 15 is 0 Å². The predicted octanol–water partition coefficient (Wildman–Crippen LogP) is 2.53. The summed E-state index contributed by atoms with van der Waals surface area (Å²) < 4.78 is 26.6. The predicted molar refractivity (Wildman–Crippen MR) is 77.6 cm³/mol. The maximum Gasteiger partial charge on any atom is 0.307 e. The maximum absolute atomic E-state index is 11.3. The number of carboxylic acids is 1. The molecule has 0 amide bonds. The Morgan fingerprint density at radius 1 is 1.39 bits per heavy atom. The Balaban J connectivity index is 3.05. The molecule has 9 heteroatoms. The van der Waals surface area contributed by atoms with Crippen LogP contribution >= 0.6 is 47.8 Å². The van der Waals surface area contributed by atoms with Gasteiger partial charge < -0.3 is 5.11 Å². The van der Waals surface area contributed by atoms with E-state index in [1.165, 1.54) is 0 Å².